The first-order valence-corrected chi connectivity index (χ1v) is 9.44. The number of methoxy groups -OCH3 is 1. The fourth-order valence-electron chi connectivity index (χ4n) is 2.86. The number of rotatable bonds is 10. The van der Waals surface area contributed by atoms with Gasteiger partial charge in [0.15, 0.2) is 0 Å². The summed E-state index contributed by atoms with van der Waals surface area (Å²) in [7, 11) is 3.86. The lowest BCUT2D eigenvalue weighted by Gasteiger charge is -2.33. The van der Waals surface area contributed by atoms with Gasteiger partial charge in [-0.05, 0) is 38.6 Å². The van der Waals surface area contributed by atoms with Crippen LogP contribution in [0, 0.1) is 0 Å². The third-order valence-electron chi connectivity index (χ3n) is 4.86. The van der Waals surface area contributed by atoms with E-state index in [1.807, 2.05) is 12.1 Å². The van der Waals surface area contributed by atoms with Crippen molar-refractivity contribution in [1.29, 1.82) is 0 Å². The molecule has 1 fully saturated rings. The van der Waals surface area contributed by atoms with Gasteiger partial charge in [-0.3, -0.25) is 4.90 Å². The van der Waals surface area contributed by atoms with Gasteiger partial charge in [0.05, 0.1) is 5.60 Å². The van der Waals surface area contributed by atoms with Crippen LogP contribution in [-0.2, 0) is 11.3 Å². The standard InChI is InChI=1S/C20H35N3O3/c1-20(2,25-4)16-21-13-17-5-7-19(8-6-17)26-15-18(24)14-23-11-9-22(3)10-12-23/h5-8,18,21,24H,9-16H2,1-4H3. The Labute approximate surface area is 158 Å². The molecule has 1 aromatic rings. The molecule has 0 amide bonds. The Hall–Kier alpha value is -1.18. The lowest BCUT2D eigenvalue weighted by atomic mass is 10.1. The van der Waals surface area contributed by atoms with Crippen LogP contribution in [0.1, 0.15) is 19.4 Å². The largest absolute Gasteiger partial charge is 0.491 e. The number of nitrogens with one attached hydrogen (secondary N) is 1. The average molecular weight is 366 g/mol. The molecular formula is C20H35N3O3. The van der Waals surface area contributed by atoms with Crippen molar-refractivity contribution in [2.45, 2.75) is 32.1 Å². The van der Waals surface area contributed by atoms with E-state index >= 15 is 0 Å². The van der Waals surface area contributed by atoms with E-state index in [9.17, 15) is 5.11 Å². The quantitative estimate of drug-likeness (QED) is 0.650. The van der Waals surface area contributed by atoms with Crippen molar-refractivity contribution in [1.82, 2.24) is 15.1 Å². The monoisotopic (exact) mass is 365 g/mol. The third kappa shape index (κ3) is 7.60. The minimum absolute atomic E-state index is 0.164. The lowest BCUT2D eigenvalue weighted by molar-refractivity contribution is 0.0230. The van der Waals surface area contributed by atoms with Gasteiger partial charge in [-0.25, -0.2) is 0 Å². The molecule has 6 heteroatoms. The van der Waals surface area contributed by atoms with Crippen molar-refractivity contribution < 1.29 is 14.6 Å². The zero-order valence-corrected chi connectivity index (χ0v) is 16.7. The summed E-state index contributed by atoms with van der Waals surface area (Å²) in [6, 6.07) is 8.02. The number of β-amino-alcohol motifs (C(OH)–C–C–N with tert-alkyl or cyclic N) is 1. The minimum Gasteiger partial charge on any atom is -0.491 e. The zero-order valence-electron chi connectivity index (χ0n) is 16.7. The van der Waals surface area contributed by atoms with E-state index in [1.54, 1.807) is 7.11 Å². The molecule has 1 aliphatic rings. The predicted octanol–water partition coefficient (Wildman–Crippen LogP) is 1.19. The first-order valence-electron chi connectivity index (χ1n) is 9.44. The summed E-state index contributed by atoms with van der Waals surface area (Å²) in [6.07, 6.45) is -0.462. The van der Waals surface area contributed by atoms with Crippen molar-refractivity contribution in [3.63, 3.8) is 0 Å². The zero-order chi connectivity index (χ0) is 19.0. The maximum absolute atomic E-state index is 10.2. The van der Waals surface area contributed by atoms with Gasteiger partial charge in [-0.2, -0.15) is 0 Å². The van der Waals surface area contributed by atoms with Gasteiger partial charge >= 0.3 is 0 Å². The van der Waals surface area contributed by atoms with Crippen LogP contribution in [0.4, 0.5) is 0 Å². The molecule has 0 aliphatic carbocycles. The van der Waals surface area contributed by atoms with E-state index in [-0.39, 0.29) is 5.60 Å². The second-order valence-electron chi connectivity index (χ2n) is 7.78. The van der Waals surface area contributed by atoms with E-state index in [4.69, 9.17) is 9.47 Å². The van der Waals surface area contributed by atoms with Gasteiger partial charge in [0.25, 0.3) is 0 Å². The Bertz CT molecular complexity index is 514. The molecule has 2 rings (SSSR count). The molecule has 1 aromatic carbocycles. The lowest BCUT2D eigenvalue weighted by Crippen LogP contribution is -2.47. The summed E-state index contributed by atoms with van der Waals surface area (Å²) >= 11 is 0. The summed E-state index contributed by atoms with van der Waals surface area (Å²) in [5.41, 5.74) is 1.03. The topological polar surface area (TPSA) is 57.2 Å². The molecule has 0 bridgehead atoms. The first kappa shape index (κ1) is 21.1. The predicted molar refractivity (Wildman–Crippen MR) is 105 cm³/mol. The molecule has 148 valence electrons. The van der Waals surface area contributed by atoms with E-state index in [0.717, 1.165) is 45.0 Å². The van der Waals surface area contributed by atoms with E-state index in [1.165, 1.54) is 5.56 Å². The number of piperazine rings is 1. The Morgan fingerprint density at radius 2 is 1.81 bits per heavy atom. The fraction of sp³-hybridized carbons (Fsp3) is 0.700. The summed E-state index contributed by atoms with van der Waals surface area (Å²) in [6.45, 7) is 10.8. The van der Waals surface area contributed by atoms with E-state index < -0.39 is 6.10 Å². The number of aliphatic hydroxyl groups excluding tert-OH is 1. The van der Waals surface area contributed by atoms with Crippen molar-refractivity contribution in [3.05, 3.63) is 29.8 Å². The van der Waals surface area contributed by atoms with Crippen LogP contribution >= 0.6 is 0 Å². The van der Waals surface area contributed by atoms with Gasteiger partial charge in [0, 0.05) is 52.9 Å². The van der Waals surface area contributed by atoms with Gasteiger partial charge in [0.2, 0.25) is 0 Å². The normalized spacial score (nSPS) is 18.0. The van der Waals surface area contributed by atoms with E-state index in [0.29, 0.717) is 13.2 Å². The summed E-state index contributed by atoms with van der Waals surface area (Å²) in [4.78, 5) is 4.61. The van der Waals surface area contributed by atoms with Crippen LogP contribution < -0.4 is 10.1 Å². The number of nitrogens with zero attached hydrogens (tertiary/aromatic N) is 2. The van der Waals surface area contributed by atoms with Crippen molar-refractivity contribution in [3.8, 4) is 5.75 Å². The molecule has 0 spiro atoms. The Morgan fingerprint density at radius 3 is 2.42 bits per heavy atom. The minimum atomic E-state index is -0.462. The van der Waals surface area contributed by atoms with Gasteiger partial charge in [-0.15, -0.1) is 0 Å². The molecule has 1 saturated heterocycles. The van der Waals surface area contributed by atoms with Crippen LogP contribution in [-0.4, -0.2) is 86.6 Å². The highest BCUT2D eigenvalue weighted by atomic mass is 16.5. The first-order chi connectivity index (χ1) is 12.4. The highest BCUT2D eigenvalue weighted by Crippen LogP contribution is 2.13. The maximum Gasteiger partial charge on any atom is 0.119 e. The van der Waals surface area contributed by atoms with Crippen molar-refractivity contribution >= 4 is 0 Å². The second-order valence-corrected chi connectivity index (χ2v) is 7.78. The molecule has 1 atom stereocenters. The molecule has 0 radical (unpaired) electrons. The summed E-state index contributed by atoms with van der Waals surface area (Å²) < 4.78 is 11.1. The summed E-state index contributed by atoms with van der Waals surface area (Å²) in [5.74, 6) is 0.795. The van der Waals surface area contributed by atoms with Gasteiger partial charge in [-0.1, -0.05) is 12.1 Å². The number of likely N-dealkylation sites (N-methyl/N-ethyl adjacent to an activating group) is 1. The molecule has 0 aromatic heterocycles. The highest BCUT2D eigenvalue weighted by molar-refractivity contribution is 5.27. The smallest absolute Gasteiger partial charge is 0.119 e. The fourth-order valence-corrected chi connectivity index (χ4v) is 2.86. The number of benzene rings is 1. The molecule has 1 heterocycles. The van der Waals surface area contributed by atoms with Gasteiger partial charge < -0.3 is 24.8 Å². The van der Waals surface area contributed by atoms with Crippen LogP contribution in [0.5, 0.6) is 5.75 Å². The Morgan fingerprint density at radius 1 is 1.15 bits per heavy atom. The van der Waals surface area contributed by atoms with E-state index in [2.05, 4.69) is 48.1 Å². The van der Waals surface area contributed by atoms with Crippen LogP contribution in [0.25, 0.3) is 0 Å². The molecule has 26 heavy (non-hydrogen) atoms. The number of aliphatic hydroxyl groups is 1. The Balaban J connectivity index is 1.66. The number of ether oxygens (including phenoxy) is 2. The molecular weight excluding hydrogens is 330 g/mol. The molecule has 0 saturated carbocycles. The second kappa shape index (κ2) is 10.2. The molecule has 1 aliphatic heterocycles. The average Bonchev–Trinajstić information content (AvgIpc) is 2.63. The van der Waals surface area contributed by atoms with Crippen LogP contribution in [0.3, 0.4) is 0 Å². The number of hydrogen-bond acceptors (Lipinski definition) is 6. The third-order valence-corrected chi connectivity index (χ3v) is 4.86. The van der Waals surface area contributed by atoms with Crippen molar-refractivity contribution in [2.75, 3.05) is 60.0 Å². The molecule has 2 N–H and O–H groups in total. The molecule has 6 nitrogen and oxygen atoms in total. The SMILES string of the molecule is COC(C)(C)CNCc1ccc(OCC(O)CN2CCN(C)CC2)cc1. The Kier molecular flexibility index (Phi) is 8.31. The van der Waals surface area contributed by atoms with Crippen LogP contribution in [0.2, 0.25) is 0 Å². The van der Waals surface area contributed by atoms with Gasteiger partial charge in [0.1, 0.15) is 18.5 Å². The maximum atomic E-state index is 10.2. The molecule has 1 unspecified atom stereocenters. The highest BCUT2D eigenvalue weighted by Gasteiger charge is 2.17. The van der Waals surface area contributed by atoms with Crippen molar-refractivity contribution in [2.24, 2.45) is 0 Å². The number of hydrogen-bond donors (Lipinski definition) is 2. The van der Waals surface area contributed by atoms with Crippen LogP contribution in [0.15, 0.2) is 24.3 Å². The summed E-state index contributed by atoms with van der Waals surface area (Å²) in [5, 5.41) is 13.6.